The molecule has 2 aromatic heterocycles. The fourth-order valence-electron chi connectivity index (χ4n) is 2.21. The van der Waals surface area contributed by atoms with Gasteiger partial charge in [-0.05, 0) is 12.8 Å². The third kappa shape index (κ3) is 1.86. The van der Waals surface area contributed by atoms with E-state index in [9.17, 15) is 4.79 Å². The molecular weight excluding hydrogens is 234 g/mol. The number of aromatic amines is 1. The number of hydrogen-bond donors (Lipinski definition) is 1. The van der Waals surface area contributed by atoms with E-state index in [-0.39, 0.29) is 5.56 Å². The topological polar surface area (TPSA) is 75.5 Å². The molecule has 0 amide bonds. The Morgan fingerprint density at radius 1 is 1.39 bits per heavy atom. The van der Waals surface area contributed by atoms with Crippen LogP contribution in [-0.4, -0.2) is 39.8 Å². The quantitative estimate of drug-likeness (QED) is 0.839. The highest BCUT2D eigenvalue weighted by atomic mass is 16.5. The zero-order valence-corrected chi connectivity index (χ0v) is 10.2. The van der Waals surface area contributed by atoms with Crippen molar-refractivity contribution in [2.45, 2.75) is 19.4 Å². The molecule has 7 heteroatoms. The van der Waals surface area contributed by atoms with Gasteiger partial charge in [0.15, 0.2) is 0 Å². The van der Waals surface area contributed by atoms with Crippen LogP contribution < -0.4 is 10.5 Å². The van der Waals surface area contributed by atoms with Crippen molar-refractivity contribution >= 4 is 11.7 Å². The summed E-state index contributed by atoms with van der Waals surface area (Å²) in [7, 11) is 1.57. The van der Waals surface area contributed by atoms with Gasteiger partial charge < -0.3 is 9.64 Å². The third-order valence-corrected chi connectivity index (χ3v) is 3.07. The van der Waals surface area contributed by atoms with Crippen LogP contribution in [0.1, 0.15) is 18.5 Å². The van der Waals surface area contributed by atoms with Crippen LogP contribution in [0.5, 0.6) is 0 Å². The Labute approximate surface area is 103 Å². The molecule has 1 aliphatic rings. The Bertz CT molecular complexity index is 611. The second kappa shape index (κ2) is 4.41. The molecule has 0 aliphatic carbocycles. The Morgan fingerprint density at radius 3 is 2.89 bits per heavy atom. The van der Waals surface area contributed by atoms with Gasteiger partial charge in [0.25, 0.3) is 11.3 Å². The van der Waals surface area contributed by atoms with Crippen molar-refractivity contribution in [1.82, 2.24) is 19.6 Å². The summed E-state index contributed by atoms with van der Waals surface area (Å²) >= 11 is 0. The third-order valence-electron chi connectivity index (χ3n) is 3.07. The molecule has 0 atom stereocenters. The molecule has 96 valence electrons. The van der Waals surface area contributed by atoms with Gasteiger partial charge in [0, 0.05) is 26.3 Å². The van der Waals surface area contributed by atoms with E-state index < -0.39 is 0 Å². The monoisotopic (exact) mass is 249 g/mol. The molecule has 3 rings (SSSR count). The van der Waals surface area contributed by atoms with Crippen LogP contribution in [0, 0.1) is 0 Å². The first-order valence-electron chi connectivity index (χ1n) is 6.00. The summed E-state index contributed by atoms with van der Waals surface area (Å²) in [6, 6.07) is 1.46. The van der Waals surface area contributed by atoms with Gasteiger partial charge in [-0.15, -0.1) is 0 Å². The van der Waals surface area contributed by atoms with Crippen LogP contribution in [0.2, 0.25) is 0 Å². The van der Waals surface area contributed by atoms with Gasteiger partial charge in [-0.1, -0.05) is 0 Å². The molecule has 0 aromatic carbocycles. The number of H-pyrrole nitrogens is 1. The number of nitrogens with zero attached hydrogens (tertiary/aromatic N) is 4. The molecule has 1 aliphatic heterocycles. The first-order chi connectivity index (χ1) is 8.78. The van der Waals surface area contributed by atoms with E-state index in [1.54, 1.807) is 7.11 Å². The Hall–Kier alpha value is -1.89. The summed E-state index contributed by atoms with van der Waals surface area (Å²) in [5, 5.41) is 2.99. The SMILES string of the molecule is COCc1cc(=O)n2[nH]c(N3CCCC3)nc2n1. The van der Waals surface area contributed by atoms with Crippen molar-refractivity contribution < 1.29 is 4.74 Å². The van der Waals surface area contributed by atoms with E-state index in [1.165, 1.54) is 10.6 Å². The minimum Gasteiger partial charge on any atom is -0.378 e. The second-order valence-electron chi connectivity index (χ2n) is 4.40. The predicted molar refractivity (Wildman–Crippen MR) is 65.8 cm³/mol. The van der Waals surface area contributed by atoms with Crippen molar-refractivity contribution in [2.75, 3.05) is 25.1 Å². The van der Waals surface area contributed by atoms with Crippen LogP contribution in [-0.2, 0) is 11.3 Å². The largest absolute Gasteiger partial charge is 0.378 e. The maximum absolute atomic E-state index is 11.9. The smallest absolute Gasteiger partial charge is 0.274 e. The van der Waals surface area contributed by atoms with Crippen LogP contribution in [0.3, 0.4) is 0 Å². The van der Waals surface area contributed by atoms with E-state index in [0.717, 1.165) is 25.9 Å². The van der Waals surface area contributed by atoms with Crippen LogP contribution in [0.15, 0.2) is 10.9 Å². The average molecular weight is 249 g/mol. The van der Waals surface area contributed by atoms with Gasteiger partial charge in [0.1, 0.15) is 0 Å². The summed E-state index contributed by atoms with van der Waals surface area (Å²) in [5.74, 6) is 1.11. The Kier molecular flexibility index (Phi) is 2.75. The van der Waals surface area contributed by atoms with Gasteiger partial charge in [0.05, 0.1) is 12.3 Å². The highest BCUT2D eigenvalue weighted by Gasteiger charge is 2.17. The standard InChI is InChI=1S/C11H15N5O2/c1-18-7-8-6-9(17)16-10(12-8)13-11(14-16)15-4-2-3-5-15/h6H,2-5,7H2,1H3,(H,12,13,14). The zero-order valence-electron chi connectivity index (χ0n) is 10.2. The van der Waals surface area contributed by atoms with E-state index in [1.807, 2.05) is 0 Å². The first kappa shape index (κ1) is 11.2. The number of hydrogen-bond acceptors (Lipinski definition) is 5. The van der Waals surface area contributed by atoms with Crippen molar-refractivity contribution in [1.29, 1.82) is 0 Å². The number of aromatic nitrogens is 4. The van der Waals surface area contributed by atoms with Crippen LogP contribution in [0.25, 0.3) is 5.78 Å². The lowest BCUT2D eigenvalue weighted by Crippen LogP contribution is -2.20. The lowest BCUT2D eigenvalue weighted by Gasteiger charge is -2.11. The molecule has 7 nitrogen and oxygen atoms in total. The highest BCUT2D eigenvalue weighted by molar-refractivity contribution is 5.40. The van der Waals surface area contributed by atoms with Gasteiger partial charge in [-0.25, -0.2) is 4.98 Å². The Morgan fingerprint density at radius 2 is 2.17 bits per heavy atom. The molecule has 0 radical (unpaired) electrons. The molecule has 0 saturated carbocycles. The van der Waals surface area contributed by atoms with Gasteiger partial charge in [-0.2, -0.15) is 9.50 Å². The number of anilines is 1. The number of methoxy groups -OCH3 is 1. The molecule has 1 fully saturated rings. The predicted octanol–water partition coefficient (Wildman–Crippen LogP) is 0.164. The van der Waals surface area contributed by atoms with Crippen molar-refractivity contribution in [2.24, 2.45) is 0 Å². The van der Waals surface area contributed by atoms with Crippen LogP contribution >= 0.6 is 0 Å². The molecular formula is C11H15N5O2. The van der Waals surface area contributed by atoms with E-state index in [4.69, 9.17) is 4.74 Å². The number of nitrogens with one attached hydrogen (secondary N) is 1. The van der Waals surface area contributed by atoms with Crippen molar-refractivity contribution in [3.05, 3.63) is 22.1 Å². The van der Waals surface area contributed by atoms with Crippen LogP contribution in [0.4, 0.5) is 5.95 Å². The minimum absolute atomic E-state index is 0.162. The number of rotatable bonds is 3. The van der Waals surface area contributed by atoms with Gasteiger partial charge in [-0.3, -0.25) is 9.89 Å². The maximum atomic E-state index is 11.9. The molecule has 18 heavy (non-hydrogen) atoms. The lowest BCUT2D eigenvalue weighted by atomic mass is 10.4. The molecule has 0 bridgehead atoms. The zero-order chi connectivity index (χ0) is 12.5. The van der Waals surface area contributed by atoms with E-state index >= 15 is 0 Å². The number of ether oxygens (including phenoxy) is 1. The molecule has 1 saturated heterocycles. The van der Waals surface area contributed by atoms with E-state index in [2.05, 4.69) is 20.0 Å². The molecule has 2 aromatic rings. The normalized spacial score (nSPS) is 15.7. The maximum Gasteiger partial charge on any atom is 0.274 e. The van der Waals surface area contributed by atoms with E-state index in [0.29, 0.717) is 24.0 Å². The molecule has 0 spiro atoms. The summed E-state index contributed by atoms with van der Waals surface area (Å²) in [4.78, 5) is 22.7. The summed E-state index contributed by atoms with van der Waals surface area (Å²) < 4.78 is 6.35. The summed E-state index contributed by atoms with van der Waals surface area (Å²) in [5.41, 5.74) is 0.437. The highest BCUT2D eigenvalue weighted by Crippen LogP contribution is 2.15. The van der Waals surface area contributed by atoms with Gasteiger partial charge in [0.2, 0.25) is 5.95 Å². The molecule has 1 N–H and O–H groups in total. The minimum atomic E-state index is -0.162. The average Bonchev–Trinajstić information content (AvgIpc) is 2.97. The van der Waals surface area contributed by atoms with Gasteiger partial charge >= 0.3 is 0 Å². The lowest BCUT2D eigenvalue weighted by molar-refractivity contribution is 0.181. The fraction of sp³-hybridized carbons (Fsp3) is 0.545. The summed E-state index contributed by atoms with van der Waals surface area (Å²) in [6.45, 7) is 2.26. The summed E-state index contributed by atoms with van der Waals surface area (Å²) in [6.07, 6.45) is 2.32. The van der Waals surface area contributed by atoms with Crippen molar-refractivity contribution in [3.8, 4) is 0 Å². The van der Waals surface area contributed by atoms with Crippen molar-refractivity contribution in [3.63, 3.8) is 0 Å². The number of fused-ring (bicyclic) bond motifs is 1. The Balaban J connectivity index is 2.05. The second-order valence-corrected chi connectivity index (χ2v) is 4.40. The first-order valence-corrected chi connectivity index (χ1v) is 6.00. The fourth-order valence-corrected chi connectivity index (χ4v) is 2.21. The molecule has 3 heterocycles. The molecule has 0 unspecified atom stereocenters.